The van der Waals surface area contributed by atoms with Crippen LogP contribution in [0.25, 0.3) is 0 Å². The van der Waals surface area contributed by atoms with E-state index in [0.29, 0.717) is 4.90 Å². The van der Waals surface area contributed by atoms with Crippen molar-refractivity contribution in [2.45, 2.75) is 46.7 Å². The fourth-order valence-electron chi connectivity index (χ4n) is 2.87. The Bertz CT molecular complexity index is 676. The van der Waals surface area contributed by atoms with Gasteiger partial charge in [0.25, 0.3) is 0 Å². The average molecular weight is 417 g/mol. The van der Waals surface area contributed by atoms with Gasteiger partial charge < -0.3 is 40.3 Å². The zero-order valence-corrected chi connectivity index (χ0v) is 15.8. The summed E-state index contributed by atoms with van der Waals surface area (Å²) in [7, 11) is 1.09. The van der Waals surface area contributed by atoms with Gasteiger partial charge in [-0.2, -0.15) is 0 Å². The topological polar surface area (TPSA) is 166 Å². The van der Waals surface area contributed by atoms with Crippen molar-refractivity contribution < 1.29 is 44.6 Å². The molecule has 1 aromatic rings. The Morgan fingerprint density at radius 3 is 2.54 bits per heavy atom. The van der Waals surface area contributed by atoms with Crippen LogP contribution < -0.4 is 5.32 Å². The molecule has 28 heavy (non-hydrogen) atoms. The Kier molecular flexibility index (Phi) is 7.63. The number of aliphatic hydroxyl groups is 4. The first-order valence-corrected chi connectivity index (χ1v) is 9.20. The van der Waals surface area contributed by atoms with Gasteiger partial charge in [-0.1, -0.05) is 30.0 Å². The van der Waals surface area contributed by atoms with Gasteiger partial charge in [0.2, 0.25) is 4.93 Å². The normalized spacial score (nSPS) is 29.5. The van der Waals surface area contributed by atoms with E-state index >= 15 is 0 Å². The van der Waals surface area contributed by atoms with Crippen molar-refractivity contribution in [2.75, 3.05) is 13.7 Å². The van der Waals surface area contributed by atoms with Gasteiger partial charge in [0.05, 0.1) is 25.9 Å². The Balaban J connectivity index is 2.39. The fourth-order valence-corrected chi connectivity index (χ4v) is 4.05. The van der Waals surface area contributed by atoms with Crippen LogP contribution in [0.1, 0.15) is 6.42 Å². The molecule has 156 valence electrons. The molecular formula is C17H23NO9S. The minimum Gasteiger partial charge on any atom is -0.478 e. The monoisotopic (exact) mass is 417 g/mol. The predicted molar refractivity (Wildman–Crippen MR) is 96.6 cm³/mol. The molecule has 1 heterocycles. The van der Waals surface area contributed by atoms with Gasteiger partial charge in [-0.25, -0.2) is 9.59 Å². The van der Waals surface area contributed by atoms with Crippen LogP contribution in [0.5, 0.6) is 0 Å². The van der Waals surface area contributed by atoms with Gasteiger partial charge in [-0.3, -0.25) is 0 Å². The summed E-state index contributed by atoms with van der Waals surface area (Å²) in [5.41, 5.74) is 0. The largest absolute Gasteiger partial charge is 0.478 e. The summed E-state index contributed by atoms with van der Waals surface area (Å²) >= 11 is 0.810. The van der Waals surface area contributed by atoms with Gasteiger partial charge in [-0.05, 0) is 12.1 Å². The second-order valence-electron chi connectivity index (χ2n) is 6.23. The van der Waals surface area contributed by atoms with E-state index in [0.717, 1.165) is 18.9 Å². The van der Waals surface area contributed by atoms with Crippen LogP contribution in [0, 0.1) is 0 Å². The zero-order chi connectivity index (χ0) is 20.9. The molecule has 0 saturated carbocycles. The molecule has 1 aromatic carbocycles. The van der Waals surface area contributed by atoms with Crippen molar-refractivity contribution in [2.24, 2.45) is 0 Å². The standard InChI is InChI=1S/C17H23NO9S/c1-26-16(25)18-12-10(20)7-17(15(23)24,28-9-5-3-2-4-6-9)27-14(12)13(22)11(21)8-19/h2-6,10-14,19-22H,7-8H2,1H3,(H,18,25)(H,23,24)/t10-,11+,12+,13+,14+,17-/m0/s1. The van der Waals surface area contributed by atoms with Crippen molar-refractivity contribution in [1.82, 2.24) is 5.32 Å². The lowest BCUT2D eigenvalue weighted by Crippen LogP contribution is -2.66. The highest BCUT2D eigenvalue weighted by molar-refractivity contribution is 8.01. The molecule has 10 nitrogen and oxygen atoms in total. The molecule has 0 bridgehead atoms. The number of benzene rings is 1. The van der Waals surface area contributed by atoms with E-state index in [-0.39, 0.29) is 0 Å². The van der Waals surface area contributed by atoms with Crippen molar-refractivity contribution in [1.29, 1.82) is 0 Å². The van der Waals surface area contributed by atoms with E-state index in [1.807, 2.05) is 0 Å². The van der Waals surface area contributed by atoms with Crippen LogP contribution in [0.4, 0.5) is 4.79 Å². The molecule has 1 aliphatic rings. The van der Waals surface area contributed by atoms with Crippen LogP contribution >= 0.6 is 11.8 Å². The molecular weight excluding hydrogens is 394 g/mol. The predicted octanol–water partition coefficient (Wildman–Crippen LogP) is -0.852. The van der Waals surface area contributed by atoms with E-state index in [4.69, 9.17) is 9.84 Å². The summed E-state index contributed by atoms with van der Waals surface area (Å²) in [6.07, 6.45) is -7.85. The molecule has 0 aromatic heterocycles. The summed E-state index contributed by atoms with van der Waals surface area (Å²) in [6, 6.07) is 7.15. The number of alkyl carbamates (subject to hydrolysis) is 1. The molecule has 1 saturated heterocycles. The third-order valence-corrected chi connectivity index (χ3v) is 5.59. The molecule has 1 fully saturated rings. The van der Waals surface area contributed by atoms with E-state index in [1.165, 1.54) is 0 Å². The lowest BCUT2D eigenvalue weighted by Gasteiger charge is -2.46. The first-order valence-electron chi connectivity index (χ1n) is 8.39. The highest BCUT2D eigenvalue weighted by atomic mass is 32.2. The fraction of sp³-hybridized carbons (Fsp3) is 0.529. The molecule has 11 heteroatoms. The Morgan fingerprint density at radius 1 is 1.36 bits per heavy atom. The Labute approximate surface area is 165 Å². The second-order valence-corrected chi connectivity index (χ2v) is 7.56. The number of ether oxygens (including phenoxy) is 2. The summed E-state index contributed by atoms with van der Waals surface area (Å²) in [4.78, 5) is 22.2. The number of aliphatic hydroxyl groups excluding tert-OH is 4. The molecule has 2 rings (SSSR count). The number of aliphatic carboxylic acids is 1. The first kappa shape index (κ1) is 22.4. The Hall–Kier alpha value is -1.89. The van der Waals surface area contributed by atoms with Crippen molar-refractivity contribution in [3.63, 3.8) is 0 Å². The quantitative estimate of drug-likeness (QED) is 0.329. The molecule has 6 atom stereocenters. The van der Waals surface area contributed by atoms with Crippen LogP contribution in [-0.2, 0) is 14.3 Å². The van der Waals surface area contributed by atoms with E-state index < -0.39 is 60.5 Å². The number of carbonyl (C=O) groups excluding carboxylic acids is 1. The van der Waals surface area contributed by atoms with Crippen molar-refractivity contribution in [3.05, 3.63) is 30.3 Å². The van der Waals surface area contributed by atoms with Crippen molar-refractivity contribution >= 4 is 23.8 Å². The third-order valence-electron chi connectivity index (χ3n) is 4.31. The number of hydrogen-bond acceptors (Lipinski definition) is 9. The van der Waals surface area contributed by atoms with Crippen LogP contribution in [0.2, 0.25) is 0 Å². The summed E-state index contributed by atoms with van der Waals surface area (Å²) in [5, 5.41) is 52.0. The number of carbonyl (C=O) groups is 2. The minimum atomic E-state index is -2.00. The number of carboxylic acid groups (broad SMARTS) is 1. The molecule has 0 radical (unpaired) electrons. The minimum absolute atomic E-state index is 0.422. The molecule has 6 N–H and O–H groups in total. The molecule has 0 spiro atoms. The average Bonchev–Trinajstić information content (AvgIpc) is 2.69. The van der Waals surface area contributed by atoms with Crippen LogP contribution in [0.15, 0.2) is 35.2 Å². The summed E-state index contributed by atoms with van der Waals surface area (Å²) in [5.74, 6) is -1.41. The number of amides is 1. The highest BCUT2D eigenvalue weighted by Gasteiger charge is 2.55. The van der Waals surface area contributed by atoms with Gasteiger partial charge in [-0.15, -0.1) is 0 Å². The number of methoxy groups -OCH3 is 1. The maximum atomic E-state index is 12.1. The zero-order valence-electron chi connectivity index (χ0n) is 15.0. The maximum absolute atomic E-state index is 12.1. The summed E-state index contributed by atoms with van der Waals surface area (Å²) in [6.45, 7) is -0.839. The maximum Gasteiger partial charge on any atom is 0.407 e. The van der Waals surface area contributed by atoms with Crippen molar-refractivity contribution in [3.8, 4) is 0 Å². The number of carboxylic acids is 1. The van der Waals surface area contributed by atoms with Gasteiger partial charge in [0.15, 0.2) is 0 Å². The molecule has 0 unspecified atom stereocenters. The lowest BCUT2D eigenvalue weighted by atomic mass is 9.90. The number of rotatable bonds is 7. The van der Waals surface area contributed by atoms with Crippen LogP contribution in [-0.4, -0.2) is 86.7 Å². The second kappa shape index (κ2) is 9.54. The molecule has 1 aliphatic heterocycles. The van der Waals surface area contributed by atoms with Gasteiger partial charge in [0.1, 0.15) is 18.3 Å². The first-order chi connectivity index (χ1) is 13.2. The smallest absolute Gasteiger partial charge is 0.407 e. The molecule has 0 aliphatic carbocycles. The van der Waals surface area contributed by atoms with E-state index in [9.17, 15) is 30.0 Å². The van der Waals surface area contributed by atoms with E-state index in [1.54, 1.807) is 30.3 Å². The van der Waals surface area contributed by atoms with Gasteiger partial charge in [0, 0.05) is 11.3 Å². The third kappa shape index (κ3) is 4.93. The lowest BCUT2D eigenvalue weighted by molar-refractivity contribution is -0.204. The Morgan fingerprint density at radius 2 is 2.00 bits per heavy atom. The number of nitrogens with one attached hydrogen (secondary N) is 1. The van der Waals surface area contributed by atoms with E-state index in [2.05, 4.69) is 10.1 Å². The number of thioether (sulfide) groups is 1. The summed E-state index contributed by atoms with van der Waals surface area (Å²) < 4.78 is 10.1. The highest BCUT2D eigenvalue weighted by Crippen LogP contribution is 2.43. The SMILES string of the molecule is COC(=O)N[C@H]1[C@H]([C@H](O)[C@H](O)CO)O[C@@](Sc2ccccc2)(C(=O)O)C[C@@H]1O. The van der Waals surface area contributed by atoms with Gasteiger partial charge >= 0.3 is 12.1 Å². The number of hydrogen-bond donors (Lipinski definition) is 6. The molecule has 1 amide bonds. The van der Waals surface area contributed by atoms with Crippen LogP contribution in [0.3, 0.4) is 0 Å².